The first-order chi connectivity index (χ1) is 11.2. The van der Waals surface area contributed by atoms with Gasteiger partial charge in [0, 0.05) is 36.7 Å². The summed E-state index contributed by atoms with van der Waals surface area (Å²) in [6, 6.07) is 6.07. The van der Waals surface area contributed by atoms with Crippen LogP contribution in [0.25, 0.3) is 10.9 Å². The summed E-state index contributed by atoms with van der Waals surface area (Å²) in [5.74, 6) is 1.04. The summed E-state index contributed by atoms with van der Waals surface area (Å²) in [7, 11) is 0. The Morgan fingerprint density at radius 1 is 1.39 bits per heavy atom. The van der Waals surface area contributed by atoms with E-state index in [9.17, 15) is 9.90 Å². The van der Waals surface area contributed by atoms with Crippen LogP contribution >= 0.6 is 0 Å². The average Bonchev–Trinajstić information content (AvgIpc) is 3.18. The van der Waals surface area contributed by atoms with E-state index in [1.807, 2.05) is 17.0 Å². The Morgan fingerprint density at radius 3 is 3.04 bits per heavy atom. The molecule has 2 aromatic rings. The number of hydrogen-bond donors (Lipinski definition) is 2. The summed E-state index contributed by atoms with van der Waals surface area (Å²) in [5, 5.41) is 10.5. The van der Waals surface area contributed by atoms with Crippen molar-refractivity contribution < 1.29 is 9.90 Å². The molecule has 2 heterocycles. The van der Waals surface area contributed by atoms with Crippen LogP contribution in [0.15, 0.2) is 18.2 Å². The number of benzene rings is 1. The number of nitrogens with zero attached hydrogens (tertiary/aromatic N) is 1. The fourth-order valence-electron chi connectivity index (χ4n) is 4.13. The zero-order valence-electron chi connectivity index (χ0n) is 13.6. The van der Waals surface area contributed by atoms with Crippen LogP contribution in [0.1, 0.15) is 41.4 Å². The zero-order chi connectivity index (χ0) is 16.0. The Bertz CT molecular complexity index is 749. The summed E-state index contributed by atoms with van der Waals surface area (Å²) < 4.78 is 0. The van der Waals surface area contributed by atoms with Crippen molar-refractivity contribution >= 4 is 16.8 Å². The van der Waals surface area contributed by atoms with Crippen molar-refractivity contribution in [1.82, 2.24) is 9.88 Å². The summed E-state index contributed by atoms with van der Waals surface area (Å²) in [6.45, 7) is 3.89. The Morgan fingerprint density at radius 2 is 2.26 bits per heavy atom. The van der Waals surface area contributed by atoms with E-state index in [-0.39, 0.29) is 18.4 Å². The Balaban J connectivity index is 1.72. The maximum atomic E-state index is 12.9. The molecule has 1 aromatic heterocycles. The molecule has 1 aromatic carbocycles. The molecule has 122 valence electrons. The predicted octanol–water partition coefficient (Wildman–Crippen LogP) is 2.75. The van der Waals surface area contributed by atoms with Gasteiger partial charge in [-0.05, 0) is 43.2 Å². The van der Waals surface area contributed by atoms with Crippen LogP contribution in [-0.4, -0.2) is 40.6 Å². The van der Waals surface area contributed by atoms with Gasteiger partial charge < -0.3 is 15.0 Å². The largest absolute Gasteiger partial charge is 0.396 e. The monoisotopic (exact) mass is 312 g/mol. The van der Waals surface area contributed by atoms with E-state index in [1.54, 1.807) is 0 Å². The molecule has 0 bridgehead atoms. The minimum Gasteiger partial charge on any atom is -0.396 e. The first kappa shape index (κ1) is 14.8. The summed E-state index contributed by atoms with van der Waals surface area (Å²) in [5.41, 5.74) is 4.50. The second-order valence-corrected chi connectivity index (χ2v) is 7.25. The van der Waals surface area contributed by atoms with Gasteiger partial charge in [-0.3, -0.25) is 4.79 Å². The third-order valence-electron chi connectivity index (χ3n) is 5.53. The number of rotatable bonds is 2. The normalized spacial score (nSPS) is 24.2. The lowest BCUT2D eigenvalue weighted by molar-refractivity contribution is 0.0783. The van der Waals surface area contributed by atoms with Gasteiger partial charge in [-0.25, -0.2) is 0 Å². The Kier molecular flexibility index (Phi) is 3.64. The first-order valence-corrected chi connectivity index (χ1v) is 8.70. The number of amides is 1. The molecule has 1 aliphatic carbocycles. The number of para-hydroxylation sites is 1. The van der Waals surface area contributed by atoms with Crippen molar-refractivity contribution in [2.45, 2.75) is 32.6 Å². The van der Waals surface area contributed by atoms with E-state index in [0.717, 1.165) is 36.9 Å². The molecule has 1 saturated heterocycles. The van der Waals surface area contributed by atoms with Crippen LogP contribution in [0, 0.1) is 11.8 Å². The zero-order valence-corrected chi connectivity index (χ0v) is 13.6. The van der Waals surface area contributed by atoms with E-state index in [4.69, 9.17) is 0 Å². The molecule has 2 unspecified atom stereocenters. The SMILES string of the molecule is CC1CCc2[nH]c3c(C(=O)N4CCC(CO)C4)cccc3c2C1. The summed E-state index contributed by atoms with van der Waals surface area (Å²) in [6.07, 6.45) is 4.29. The number of H-pyrrole nitrogens is 1. The number of carbonyl (C=O) groups excluding carboxylic acids is 1. The second kappa shape index (κ2) is 5.68. The molecule has 4 nitrogen and oxygen atoms in total. The minimum absolute atomic E-state index is 0.0956. The molecule has 2 aliphatic rings. The number of aliphatic hydroxyl groups excluding tert-OH is 1. The van der Waals surface area contributed by atoms with Crippen LogP contribution in [-0.2, 0) is 12.8 Å². The lowest BCUT2D eigenvalue weighted by Gasteiger charge is -2.18. The second-order valence-electron chi connectivity index (χ2n) is 7.25. The number of fused-ring (bicyclic) bond motifs is 3. The van der Waals surface area contributed by atoms with Gasteiger partial charge in [0.2, 0.25) is 0 Å². The smallest absolute Gasteiger partial charge is 0.255 e. The predicted molar refractivity (Wildman–Crippen MR) is 90.6 cm³/mol. The minimum atomic E-state index is 0.0956. The standard InChI is InChI=1S/C19H24N2O2/c1-12-5-6-17-16(9-12)14-3-2-4-15(18(14)20-17)19(23)21-8-7-13(10-21)11-22/h2-4,12-13,20,22H,5-11H2,1H3. The first-order valence-electron chi connectivity index (χ1n) is 8.70. The molecular weight excluding hydrogens is 288 g/mol. The molecule has 0 radical (unpaired) electrons. The van der Waals surface area contributed by atoms with E-state index < -0.39 is 0 Å². The third-order valence-corrected chi connectivity index (χ3v) is 5.53. The molecular formula is C19H24N2O2. The molecule has 1 aliphatic heterocycles. The lowest BCUT2D eigenvalue weighted by Crippen LogP contribution is -2.29. The van der Waals surface area contributed by atoms with Crippen molar-refractivity contribution in [3.05, 3.63) is 35.0 Å². The average molecular weight is 312 g/mol. The molecule has 0 saturated carbocycles. The van der Waals surface area contributed by atoms with Gasteiger partial charge in [0.25, 0.3) is 5.91 Å². The lowest BCUT2D eigenvalue weighted by atomic mass is 9.87. The molecule has 2 N–H and O–H groups in total. The maximum Gasteiger partial charge on any atom is 0.255 e. The van der Waals surface area contributed by atoms with Crippen molar-refractivity contribution in [3.8, 4) is 0 Å². The van der Waals surface area contributed by atoms with Gasteiger partial charge in [0.1, 0.15) is 0 Å². The van der Waals surface area contributed by atoms with Crippen molar-refractivity contribution in [3.63, 3.8) is 0 Å². The maximum absolute atomic E-state index is 12.9. The topological polar surface area (TPSA) is 56.3 Å². The van der Waals surface area contributed by atoms with E-state index in [2.05, 4.69) is 18.0 Å². The quantitative estimate of drug-likeness (QED) is 0.896. The molecule has 4 rings (SSSR count). The van der Waals surface area contributed by atoms with Gasteiger partial charge in [0.05, 0.1) is 11.1 Å². The number of likely N-dealkylation sites (tertiary alicyclic amines) is 1. The molecule has 23 heavy (non-hydrogen) atoms. The molecule has 1 amide bonds. The fourth-order valence-corrected chi connectivity index (χ4v) is 4.13. The molecule has 0 spiro atoms. The van der Waals surface area contributed by atoms with Crippen LogP contribution < -0.4 is 0 Å². The fraction of sp³-hybridized carbons (Fsp3) is 0.526. The summed E-state index contributed by atoms with van der Waals surface area (Å²) >= 11 is 0. The number of carbonyl (C=O) groups is 1. The highest BCUT2D eigenvalue weighted by atomic mass is 16.3. The van der Waals surface area contributed by atoms with Crippen LogP contribution in [0.3, 0.4) is 0 Å². The number of aliphatic hydroxyl groups is 1. The van der Waals surface area contributed by atoms with Crippen molar-refractivity contribution in [1.29, 1.82) is 0 Å². The number of aromatic nitrogens is 1. The molecule has 4 heteroatoms. The molecule has 1 fully saturated rings. The van der Waals surface area contributed by atoms with Gasteiger partial charge in [0.15, 0.2) is 0 Å². The highest BCUT2D eigenvalue weighted by Crippen LogP contribution is 2.33. The van der Waals surface area contributed by atoms with E-state index in [0.29, 0.717) is 12.5 Å². The van der Waals surface area contributed by atoms with Gasteiger partial charge in [-0.1, -0.05) is 19.1 Å². The van der Waals surface area contributed by atoms with Crippen LogP contribution in [0.4, 0.5) is 0 Å². The highest BCUT2D eigenvalue weighted by Gasteiger charge is 2.28. The number of aromatic amines is 1. The van der Waals surface area contributed by atoms with Gasteiger partial charge in [-0.2, -0.15) is 0 Å². The van der Waals surface area contributed by atoms with Gasteiger partial charge >= 0.3 is 0 Å². The Labute approximate surface area is 136 Å². The number of aryl methyl sites for hydroxylation is 1. The number of nitrogens with one attached hydrogen (secondary N) is 1. The summed E-state index contributed by atoms with van der Waals surface area (Å²) in [4.78, 5) is 18.3. The number of hydrogen-bond acceptors (Lipinski definition) is 2. The van der Waals surface area contributed by atoms with Crippen molar-refractivity contribution in [2.75, 3.05) is 19.7 Å². The van der Waals surface area contributed by atoms with E-state index in [1.165, 1.54) is 23.1 Å². The highest BCUT2D eigenvalue weighted by molar-refractivity contribution is 6.07. The van der Waals surface area contributed by atoms with E-state index >= 15 is 0 Å². The van der Waals surface area contributed by atoms with Gasteiger partial charge in [-0.15, -0.1) is 0 Å². The van der Waals surface area contributed by atoms with Crippen LogP contribution in [0.5, 0.6) is 0 Å². The van der Waals surface area contributed by atoms with Crippen molar-refractivity contribution in [2.24, 2.45) is 11.8 Å². The van der Waals surface area contributed by atoms with Crippen LogP contribution in [0.2, 0.25) is 0 Å². The Hall–Kier alpha value is -1.81. The molecule has 2 atom stereocenters. The third kappa shape index (κ3) is 2.45.